The first kappa shape index (κ1) is 18.2. The zero-order chi connectivity index (χ0) is 14.7. The number of allylic oxidation sites excluding steroid dienone is 2. The molecule has 19 heavy (non-hydrogen) atoms. The van der Waals surface area contributed by atoms with Gasteiger partial charge in [-0.05, 0) is 51.4 Å². The van der Waals surface area contributed by atoms with Crippen LogP contribution in [0, 0.1) is 11.8 Å². The molecule has 1 unspecified atom stereocenters. The molecule has 0 saturated heterocycles. The Kier molecular flexibility index (Phi) is 10.6. The molecule has 0 aliphatic carbocycles. The van der Waals surface area contributed by atoms with Gasteiger partial charge in [-0.2, -0.15) is 0 Å². The second-order valence-corrected chi connectivity index (χ2v) is 6.26. The molecule has 0 heterocycles. The molecule has 0 bridgehead atoms. The second-order valence-electron chi connectivity index (χ2n) is 6.26. The van der Waals surface area contributed by atoms with Crippen LogP contribution in [0.4, 0.5) is 0 Å². The van der Waals surface area contributed by atoms with Crippen molar-refractivity contribution in [1.29, 1.82) is 0 Å². The van der Waals surface area contributed by atoms with Crippen molar-refractivity contribution in [3.05, 3.63) is 11.6 Å². The van der Waals surface area contributed by atoms with Crippen molar-refractivity contribution in [3.63, 3.8) is 0 Å². The third-order valence-corrected chi connectivity index (χ3v) is 3.25. The Labute approximate surface area is 119 Å². The molecule has 0 rings (SSSR count). The summed E-state index contributed by atoms with van der Waals surface area (Å²) in [5.74, 6) is 1.26. The van der Waals surface area contributed by atoms with Crippen molar-refractivity contribution in [1.82, 2.24) is 0 Å². The smallest absolute Gasteiger partial charge is 0.305 e. The van der Waals surface area contributed by atoms with E-state index >= 15 is 0 Å². The average Bonchev–Trinajstić information content (AvgIpc) is 2.27. The highest BCUT2D eigenvalue weighted by Crippen LogP contribution is 2.12. The van der Waals surface area contributed by atoms with Crippen LogP contribution in [0.2, 0.25) is 0 Å². The number of ether oxygens (including phenoxy) is 1. The van der Waals surface area contributed by atoms with Crippen LogP contribution in [0.25, 0.3) is 0 Å². The normalized spacial score (nSPS) is 12.3. The van der Waals surface area contributed by atoms with Crippen LogP contribution in [-0.4, -0.2) is 12.6 Å². The molecule has 0 spiro atoms. The highest BCUT2D eigenvalue weighted by Gasteiger charge is 2.06. The summed E-state index contributed by atoms with van der Waals surface area (Å²) in [5.41, 5.74) is 1.38. The van der Waals surface area contributed by atoms with E-state index in [0.717, 1.165) is 25.7 Å². The minimum absolute atomic E-state index is 0.0304. The fourth-order valence-electron chi connectivity index (χ4n) is 1.90. The first-order valence-electron chi connectivity index (χ1n) is 7.70. The standard InChI is InChI=1S/C17H32O2/c1-14(2)8-6-10-16(5)12-13-19-17(18)11-7-9-15(3)4/h8,15-16H,6-7,9-13H2,1-5H3. The van der Waals surface area contributed by atoms with Gasteiger partial charge in [-0.15, -0.1) is 0 Å². The quantitative estimate of drug-likeness (QED) is 0.405. The van der Waals surface area contributed by atoms with Crippen LogP contribution >= 0.6 is 0 Å². The number of hydrogen-bond acceptors (Lipinski definition) is 2. The molecular weight excluding hydrogens is 236 g/mol. The topological polar surface area (TPSA) is 26.3 Å². The summed E-state index contributed by atoms with van der Waals surface area (Å²) in [6, 6.07) is 0. The number of esters is 1. The Hall–Kier alpha value is -0.790. The van der Waals surface area contributed by atoms with Crippen molar-refractivity contribution in [3.8, 4) is 0 Å². The minimum Gasteiger partial charge on any atom is -0.466 e. The van der Waals surface area contributed by atoms with Crippen molar-refractivity contribution < 1.29 is 9.53 Å². The van der Waals surface area contributed by atoms with E-state index < -0.39 is 0 Å². The molecule has 2 heteroatoms. The Morgan fingerprint density at radius 1 is 1.11 bits per heavy atom. The molecule has 112 valence electrons. The van der Waals surface area contributed by atoms with Crippen LogP contribution in [0.3, 0.4) is 0 Å². The molecule has 0 saturated carbocycles. The van der Waals surface area contributed by atoms with Gasteiger partial charge in [0, 0.05) is 6.42 Å². The molecule has 0 aliphatic heterocycles. The van der Waals surface area contributed by atoms with Gasteiger partial charge < -0.3 is 4.74 Å². The van der Waals surface area contributed by atoms with Crippen LogP contribution in [0.1, 0.15) is 73.1 Å². The highest BCUT2D eigenvalue weighted by atomic mass is 16.5. The Balaban J connectivity index is 3.50. The molecule has 0 fully saturated rings. The van der Waals surface area contributed by atoms with Crippen molar-refractivity contribution in [2.45, 2.75) is 73.1 Å². The third kappa shape index (κ3) is 13.4. The van der Waals surface area contributed by atoms with Crippen molar-refractivity contribution in [2.24, 2.45) is 11.8 Å². The SMILES string of the molecule is CC(C)=CCCC(C)CCOC(=O)CCCC(C)C. The fraction of sp³-hybridized carbons (Fsp3) is 0.824. The molecule has 0 radical (unpaired) electrons. The van der Waals surface area contributed by atoms with E-state index in [4.69, 9.17) is 4.74 Å². The molecule has 0 aromatic heterocycles. The first-order valence-corrected chi connectivity index (χ1v) is 7.70. The summed E-state index contributed by atoms with van der Waals surface area (Å²) in [6.45, 7) is 11.4. The predicted octanol–water partition coefficient (Wildman–Crippen LogP) is 5.13. The van der Waals surface area contributed by atoms with Gasteiger partial charge in [-0.1, -0.05) is 38.8 Å². The van der Waals surface area contributed by atoms with E-state index in [1.165, 1.54) is 12.0 Å². The predicted molar refractivity (Wildman–Crippen MR) is 82.1 cm³/mol. The van der Waals surface area contributed by atoms with Gasteiger partial charge in [0.05, 0.1) is 6.61 Å². The summed E-state index contributed by atoms with van der Waals surface area (Å²) in [7, 11) is 0. The Morgan fingerprint density at radius 2 is 1.79 bits per heavy atom. The first-order chi connectivity index (χ1) is 8.91. The number of hydrogen-bond donors (Lipinski definition) is 0. The lowest BCUT2D eigenvalue weighted by molar-refractivity contribution is -0.144. The molecule has 0 N–H and O–H groups in total. The van der Waals surface area contributed by atoms with Crippen molar-refractivity contribution in [2.75, 3.05) is 6.61 Å². The maximum absolute atomic E-state index is 11.5. The lowest BCUT2D eigenvalue weighted by atomic mass is 10.0. The third-order valence-electron chi connectivity index (χ3n) is 3.25. The average molecular weight is 268 g/mol. The van der Waals surface area contributed by atoms with E-state index in [1.807, 2.05) is 0 Å². The second kappa shape index (κ2) is 11.1. The fourth-order valence-corrected chi connectivity index (χ4v) is 1.90. The highest BCUT2D eigenvalue weighted by molar-refractivity contribution is 5.69. The van der Waals surface area contributed by atoms with Gasteiger partial charge in [-0.3, -0.25) is 4.79 Å². The number of rotatable bonds is 10. The van der Waals surface area contributed by atoms with Gasteiger partial charge in [0.15, 0.2) is 0 Å². The van der Waals surface area contributed by atoms with Crippen LogP contribution < -0.4 is 0 Å². The summed E-state index contributed by atoms with van der Waals surface area (Å²) in [6.07, 6.45) is 8.19. The van der Waals surface area contributed by atoms with Gasteiger partial charge in [0.25, 0.3) is 0 Å². The van der Waals surface area contributed by atoms with Crippen LogP contribution in [-0.2, 0) is 9.53 Å². The lowest BCUT2D eigenvalue weighted by Crippen LogP contribution is -2.08. The molecule has 0 aromatic carbocycles. The van der Waals surface area contributed by atoms with Gasteiger partial charge in [-0.25, -0.2) is 0 Å². The van der Waals surface area contributed by atoms with E-state index in [2.05, 4.69) is 40.7 Å². The number of carbonyl (C=O) groups excluding carboxylic acids is 1. The maximum Gasteiger partial charge on any atom is 0.305 e. The van der Waals surface area contributed by atoms with Crippen molar-refractivity contribution >= 4 is 5.97 Å². The zero-order valence-electron chi connectivity index (χ0n) is 13.5. The Bertz CT molecular complexity index is 262. The van der Waals surface area contributed by atoms with Gasteiger partial charge >= 0.3 is 5.97 Å². The molecule has 0 aliphatic rings. The summed E-state index contributed by atoms with van der Waals surface area (Å²) >= 11 is 0. The van der Waals surface area contributed by atoms with Crippen LogP contribution in [0.15, 0.2) is 11.6 Å². The summed E-state index contributed by atoms with van der Waals surface area (Å²) in [4.78, 5) is 11.5. The monoisotopic (exact) mass is 268 g/mol. The molecular formula is C17H32O2. The Morgan fingerprint density at radius 3 is 2.37 bits per heavy atom. The maximum atomic E-state index is 11.5. The summed E-state index contributed by atoms with van der Waals surface area (Å²) < 4.78 is 5.27. The van der Waals surface area contributed by atoms with Gasteiger partial charge in [0.2, 0.25) is 0 Å². The zero-order valence-corrected chi connectivity index (χ0v) is 13.5. The van der Waals surface area contributed by atoms with E-state index in [0.29, 0.717) is 24.9 Å². The lowest BCUT2D eigenvalue weighted by Gasteiger charge is -2.11. The van der Waals surface area contributed by atoms with E-state index in [-0.39, 0.29) is 5.97 Å². The van der Waals surface area contributed by atoms with E-state index in [1.54, 1.807) is 0 Å². The van der Waals surface area contributed by atoms with E-state index in [9.17, 15) is 4.79 Å². The largest absolute Gasteiger partial charge is 0.466 e. The molecule has 0 aromatic rings. The van der Waals surface area contributed by atoms with Crippen LogP contribution in [0.5, 0.6) is 0 Å². The molecule has 0 amide bonds. The summed E-state index contributed by atoms with van der Waals surface area (Å²) in [5, 5.41) is 0. The molecule has 1 atom stereocenters. The van der Waals surface area contributed by atoms with Gasteiger partial charge in [0.1, 0.15) is 0 Å². The minimum atomic E-state index is -0.0304. The number of carbonyl (C=O) groups is 1. The molecule has 2 nitrogen and oxygen atoms in total.